The SMILES string of the molecule is CCCCCCCCCCCCCC(=O)OC[C@H](COP(=O)(O)OCC[N+](C)(C)C)OC(=O)CCCCCCCCCCC. The average Bonchev–Trinajstić information content (AvgIpc) is 2.95. The molecule has 0 aromatic carbocycles. The summed E-state index contributed by atoms with van der Waals surface area (Å²) in [5.74, 6) is -0.797. The first-order chi connectivity index (χ1) is 21.0. The van der Waals surface area contributed by atoms with Gasteiger partial charge in [0.2, 0.25) is 0 Å². The molecule has 0 spiro atoms. The lowest BCUT2D eigenvalue weighted by molar-refractivity contribution is -0.870. The van der Waals surface area contributed by atoms with E-state index in [9.17, 15) is 19.0 Å². The van der Waals surface area contributed by atoms with Crippen LogP contribution in [0.1, 0.15) is 155 Å². The van der Waals surface area contributed by atoms with E-state index in [0.29, 0.717) is 23.9 Å². The van der Waals surface area contributed by atoms with Crippen LogP contribution >= 0.6 is 7.82 Å². The van der Waals surface area contributed by atoms with E-state index in [-0.39, 0.29) is 25.6 Å². The third-order valence-corrected chi connectivity index (χ3v) is 8.62. The number of quaternary nitrogens is 1. The topological polar surface area (TPSA) is 108 Å². The lowest BCUT2D eigenvalue weighted by atomic mass is 10.1. The van der Waals surface area contributed by atoms with Crippen molar-refractivity contribution in [2.24, 2.45) is 0 Å². The van der Waals surface area contributed by atoms with E-state index < -0.39 is 26.5 Å². The molecular weight excluding hydrogens is 581 g/mol. The van der Waals surface area contributed by atoms with Gasteiger partial charge in [0.15, 0.2) is 6.10 Å². The maximum absolute atomic E-state index is 12.5. The lowest BCUT2D eigenvalue weighted by Gasteiger charge is -2.24. The lowest BCUT2D eigenvalue weighted by Crippen LogP contribution is -2.37. The summed E-state index contributed by atoms with van der Waals surface area (Å²) in [6.07, 6.45) is 22.9. The molecular formula is C34H69NO8P+. The fraction of sp³-hybridized carbons (Fsp3) is 0.941. The second-order valence-electron chi connectivity index (χ2n) is 13.3. The fourth-order valence-corrected chi connectivity index (χ4v) is 5.52. The minimum absolute atomic E-state index is 0.0360. The molecule has 0 aliphatic rings. The predicted molar refractivity (Wildman–Crippen MR) is 178 cm³/mol. The summed E-state index contributed by atoms with van der Waals surface area (Å²) >= 11 is 0. The summed E-state index contributed by atoms with van der Waals surface area (Å²) < 4.78 is 34.0. The van der Waals surface area contributed by atoms with Gasteiger partial charge in [-0.05, 0) is 12.8 Å². The van der Waals surface area contributed by atoms with Crippen molar-refractivity contribution in [1.82, 2.24) is 0 Å². The molecule has 0 aromatic rings. The molecule has 0 aromatic heterocycles. The van der Waals surface area contributed by atoms with E-state index in [4.69, 9.17) is 18.5 Å². The molecule has 44 heavy (non-hydrogen) atoms. The Balaban J connectivity index is 4.46. The van der Waals surface area contributed by atoms with Crippen molar-refractivity contribution in [2.75, 3.05) is 47.5 Å². The smallest absolute Gasteiger partial charge is 0.462 e. The quantitative estimate of drug-likeness (QED) is 0.0333. The standard InChI is InChI=1S/C34H68NO8P/c1-6-8-10-12-14-16-17-19-20-22-24-26-33(36)40-30-32(31-42-44(38,39)41-29-28-35(3,4)5)43-34(37)27-25-23-21-18-15-13-11-9-7-2/h32H,6-31H2,1-5H3/p+1/t32-/m1/s1. The number of likely N-dealkylation sites (N-methyl/N-ethyl adjacent to an activating group) is 1. The van der Waals surface area contributed by atoms with Crippen molar-refractivity contribution in [3.8, 4) is 0 Å². The highest BCUT2D eigenvalue weighted by molar-refractivity contribution is 7.47. The number of phosphoric ester groups is 1. The maximum Gasteiger partial charge on any atom is 0.472 e. The zero-order valence-electron chi connectivity index (χ0n) is 29.2. The van der Waals surface area contributed by atoms with Gasteiger partial charge < -0.3 is 18.9 Å². The Kier molecular flexibility index (Phi) is 27.6. The molecule has 1 unspecified atom stereocenters. The van der Waals surface area contributed by atoms with Gasteiger partial charge in [-0.2, -0.15) is 0 Å². The molecule has 262 valence electrons. The second kappa shape index (κ2) is 28.3. The number of hydrogen-bond donors (Lipinski definition) is 1. The third kappa shape index (κ3) is 31.0. The molecule has 0 saturated heterocycles. The van der Waals surface area contributed by atoms with Crippen LogP contribution in [0, 0.1) is 0 Å². The molecule has 0 rings (SSSR count). The van der Waals surface area contributed by atoms with Crippen LogP contribution in [0.15, 0.2) is 0 Å². The van der Waals surface area contributed by atoms with Gasteiger partial charge in [0.1, 0.15) is 19.8 Å². The average molecular weight is 651 g/mol. The molecule has 0 heterocycles. The Morgan fingerprint density at radius 2 is 1.02 bits per heavy atom. The number of hydrogen-bond acceptors (Lipinski definition) is 7. The molecule has 1 N–H and O–H groups in total. The minimum atomic E-state index is -4.35. The fourth-order valence-electron chi connectivity index (χ4n) is 4.78. The Morgan fingerprint density at radius 1 is 0.614 bits per heavy atom. The molecule has 9 nitrogen and oxygen atoms in total. The zero-order valence-corrected chi connectivity index (χ0v) is 30.1. The first kappa shape index (κ1) is 43.0. The minimum Gasteiger partial charge on any atom is -0.462 e. The Morgan fingerprint density at radius 3 is 1.45 bits per heavy atom. The van der Waals surface area contributed by atoms with E-state index in [0.717, 1.165) is 32.1 Å². The van der Waals surface area contributed by atoms with Crippen LogP contribution in [-0.2, 0) is 32.7 Å². The van der Waals surface area contributed by atoms with E-state index in [1.807, 2.05) is 21.1 Å². The molecule has 0 bridgehead atoms. The van der Waals surface area contributed by atoms with Gasteiger partial charge in [0.25, 0.3) is 0 Å². The molecule has 10 heteroatoms. The van der Waals surface area contributed by atoms with E-state index in [2.05, 4.69) is 13.8 Å². The Hall–Kier alpha value is -0.990. The van der Waals surface area contributed by atoms with Crippen molar-refractivity contribution < 1.29 is 42.1 Å². The van der Waals surface area contributed by atoms with Gasteiger partial charge in [-0.25, -0.2) is 4.57 Å². The molecule has 0 aliphatic carbocycles. The van der Waals surface area contributed by atoms with E-state index in [1.54, 1.807) is 0 Å². The zero-order chi connectivity index (χ0) is 32.9. The summed E-state index contributed by atoms with van der Waals surface area (Å²) in [5, 5.41) is 0. The molecule has 0 aliphatic heterocycles. The van der Waals surface area contributed by atoms with Crippen molar-refractivity contribution in [2.45, 2.75) is 161 Å². The van der Waals surface area contributed by atoms with Gasteiger partial charge >= 0.3 is 19.8 Å². The summed E-state index contributed by atoms with van der Waals surface area (Å²) in [5.41, 5.74) is 0. The van der Waals surface area contributed by atoms with Crippen LogP contribution < -0.4 is 0 Å². The summed E-state index contributed by atoms with van der Waals surface area (Å²) in [4.78, 5) is 35.0. The van der Waals surface area contributed by atoms with Crippen LogP contribution in [-0.4, -0.2) is 74.9 Å². The van der Waals surface area contributed by atoms with Crippen molar-refractivity contribution >= 4 is 19.8 Å². The predicted octanol–water partition coefficient (Wildman–Crippen LogP) is 8.90. The number of carbonyl (C=O) groups excluding carboxylic acids is 2. The largest absolute Gasteiger partial charge is 0.472 e. The number of phosphoric acid groups is 1. The number of rotatable bonds is 32. The highest BCUT2D eigenvalue weighted by Gasteiger charge is 2.27. The number of unbranched alkanes of at least 4 members (excludes halogenated alkanes) is 18. The van der Waals surface area contributed by atoms with Gasteiger partial charge in [0, 0.05) is 12.8 Å². The van der Waals surface area contributed by atoms with Crippen LogP contribution in [0.25, 0.3) is 0 Å². The van der Waals surface area contributed by atoms with Crippen LogP contribution in [0.4, 0.5) is 0 Å². The van der Waals surface area contributed by atoms with Crippen LogP contribution in [0.3, 0.4) is 0 Å². The highest BCUT2D eigenvalue weighted by Crippen LogP contribution is 2.43. The second-order valence-corrected chi connectivity index (χ2v) is 14.7. The van der Waals surface area contributed by atoms with Gasteiger partial charge in [-0.3, -0.25) is 18.6 Å². The molecule has 0 saturated carbocycles. The number of nitrogens with zero attached hydrogens (tertiary/aromatic N) is 1. The van der Waals surface area contributed by atoms with E-state index in [1.165, 1.54) is 89.9 Å². The normalized spacial score (nSPS) is 13.9. The van der Waals surface area contributed by atoms with E-state index >= 15 is 0 Å². The number of ether oxygens (including phenoxy) is 2. The summed E-state index contributed by atoms with van der Waals surface area (Å²) in [6, 6.07) is 0. The van der Waals surface area contributed by atoms with Crippen molar-refractivity contribution in [3.05, 3.63) is 0 Å². The van der Waals surface area contributed by atoms with Gasteiger partial charge in [0.05, 0.1) is 27.7 Å². The molecule has 0 fully saturated rings. The maximum atomic E-state index is 12.5. The first-order valence-electron chi connectivity index (χ1n) is 17.8. The summed E-state index contributed by atoms with van der Waals surface area (Å²) in [6.45, 7) is 4.38. The van der Waals surface area contributed by atoms with Gasteiger partial charge in [-0.1, -0.05) is 129 Å². The Labute approximate surface area is 270 Å². The first-order valence-corrected chi connectivity index (χ1v) is 19.3. The third-order valence-electron chi connectivity index (χ3n) is 7.64. The summed E-state index contributed by atoms with van der Waals surface area (Å²) in [7, 11) is 1.48. The van der Waals surface area contributed by atoms with Gasteiger partial charge in [-0.15, -0.1) is 0 Å². The molecule has 0 amide bonds. The van der Waals surface area contributed by atoms with Crippen LogP contribution in [0.5, 0.6) is 0 Å². The monoisotopic (exact) mass is 650 g/mol. The van der Waals surface area contributed by atoms with Crippen molar-refractivity contribution in [3.63, 3.8) is 0 Å². The highest BCUT2D eigenvalue weighted by atomic mass is 31.2. The molecule has 0 radical (unpaired) electrons. The molecule has 2 atom stereocenters. The number of carbonyl (C=O) groups is 2. The van der Waals surface area contributed by atoms with Crippen molar-refractivity contribution in [1.29, 1.82) is 0 Å². The number of esters is 2. The Bertz CT molecular complexity index is 743. The van der Waals surface area contributed by atoms with Crippen LogP contribution in [0.2, 0.25) is 0 Å².